The van der Waals surface area contributed by atoms with Crippen LogP contribution < -0.4 is 10.6 Å². The predicted octanol–water partition coefficient (Wildman–Crippen LogP) is 2.11. The fourth-order valence-electron chi connectivity index (χ4n) is 2.52. The van der Waals surface area contributed by atoms with Gasteiger partial charge in [0.2, 0.25) is 12.2 Å². The number of esters is 1. The lowest BCUT2D eigenvalue weighted by Crippen LogP contribution is -2.53. The molecular weight excluding hydrogens is 340 g/mol. The maximum atomic E-state index is 12.7. The zero-order valence-corrected chi connectivity index (χ0v) is 16.8. The molecule has 0 unspecified atom stereocenters. The first-order valence-electron chi connectivity index (χ1n) is 8.91. The Balaban J connectivity index is 2.80. The second kappa shape index (κ2) is 8.70. The van der Waals surface area contributed by atoms with Crippen LogP contribution in [0.2, 0.25) is 0 Å². The van der Waals surface area contributed by atoms with Gasteiger partial charge >= 0.3 is 12.1 Å². The summed E-state index contributed by atoms with van der Waals surface area (Å²) in [5, 5.41) is 5.38. The van der Waals surface area contributed by atoms with Gasteiger partial charge < -0.3 is 24.8 Å². The molecule has 8 nitrogen and oxygen atoms in total. The Hall–Kier alpha value is -1.83. The number of amides is 2. The van der Waals surface area contributed by atoms with E-state index in [1.165, 1.54) is 0 Å². The van der Waals surface area contributed by atoms with Crippen molar-refractivity contribution in [2.75, 3.05) is 6.61 Å². The van der Waals surface area contributed by atoms with Crippen LogP contribution in [0.15, 0.2) is 0 Å². The Morgan fingerprint density at radius 2 is 1.85 bits per heavy atom. The molecular formula is C18H32N2O6. The molecule has 3 atom stereocenters. The maximum Gasteiger partial charge on any atom is 0.408 e. The Morgan fingerprint density at radius 3 is 2.35 bits per heavy atom. The molecule has 0 bridgehead atoms. The fourth-order valence-corrected chi connectivity index (χ4v) is 2.52. The molecule has 26 heavy (non-hydrogen) atoms. The summed E-state index contributed by atoms with van der Waals surface area (Å²) < 4.78 is 15.6. The molecule has 150 valence electrons. The summed E-state index contributed by atoms with van der Waals surface area (Å²) in [7, 11) is 0. The van der Waals surface area contributed by atoms with Gasteiger partial charge in [-0.05, 0) is 39.5 Å². The number of hydrogen-bond donors (Lipinski definition) is 2. The second-order valence-electron chi connectivity index (χ2n) is 8.60. The molecule has 1 heterocycles. The molecule has 0 aromatic rings. The number of carbonyl (C=O) groups is 3. The van der Waals surface area contributed by atoms with Crippen LogP contribution in [0.25, 0.3) is 0 Å². The third-order valence-electron chi connectivity index (χ3n) is 3.45. The van der Waals surface area contributed by atoms with Gasteiger partial charge in [-0.2, -0.15) is 0 Å². The largest absolute Gasteiger partial charge is 0.444 e. The monoisotopic (exact) mass is 372 g/mol. The minimum absolute atomic E-state index is 0.0328. The van der Waals surface area contributed by atoms with Gasteiger partial charge in [0.1, 0.15) is 17.7 Å². The smallest absolute Gasteiger partial charge is 0.408 e. The third kappa shape index (κ3) is 8.03. The van der Waals surface area contributed by atoms with Gasteiger partial charge in [-0.3, -0.25) is 9.59 Å². The van der Waals surface area contributed by atoms with Gasteiger partial charge in [0.15, 0.2) is 0 Å². The van der Waals surface area contributed by atoms with Gasteiger partial charge in [0.25, 0.3) is 0 Å². The SMILES string of the molecule is CCO[C@@H]1OC(=O)C[C@@H]1NC(=O)[C@@H](CC(C)(C)C)NC(=O)OC(C)(C)C. The average molecular weight is 372 g/mol. The zero-order chi connectivity index (χ0) is 20.1. The molecule has 1 aliphatic rings. The first-order chi connectivity index (χ1) is 11.8. The van der Waals surface area contributed by atoms with Crippen molar-refractivity contribution in [3.63, 3.8) is 0 Å². The van der Waals surface area contributed by atoms with Crippen LogP contribution in [0.5, 0.6) is 0 Å². The van der Waals surface area contributed by atoms with E-state index in [-0.39, 0.29) is 11.8 Å². The number of ether oxygens (including phenoxy) is 3. The van der Waals surface area contributed by atoms with Crippen LogP contribution in [0, 0.1) is 5.41 Å². The highest BCUT2D eigenvalue weighted by Crippen LogP contribution is 2.22. The summed E-state index contributed by atoms with van der Waals surface area (Å²) >= 11 is 0. The summed E-state index contributed by atoms with van der Waals surface area (Å²) in [5.41, 5.74) is -0.878. The van der Waals surface area contributed by atoms with Crippen molar-refractivity contribution >= 4 is 18.0 Å². The van der Waals surface area contributed by atoms with Crippen molar-refractivity contribution in [3.8, 4) is 0 Å². The van der Waals surface area contributed by atoms with Gasteiger partial charge in [0, 0.05) is 6.61 Å². The van der Waals surface area contributed by atoms with E-state index in [0.29, 0.717) is 13.0 Å². The van der Waals surface area contributed by atoms with Crippen LogP contribution >= 0.6 is 0 Å². The highest BCUT2D eigenvalue weighted by atomic mass is 16.7. The summed E-state index contributed by atoms with van der Waals surface area (Å²) in [6.45, 7) is 13.3. The van der Waals surface area contributed by atoms with E-state index in [2.05, 4.69) is 10.6 Å². The maximum absolute atomic E-state index is 12.7. The molecule has 1 fully saturated rings. The van der Waals surface area contributed by atoms with E-state index in [1.54, 1.807) is 27.7 Å². The van der Waals surface area contributed by atoms with Crippen molar-refractivity contribution in [1.82, 2.24) is 10.6 Å². The molecule has 0 spiro atoms. The lowest BCUT2D eigenvalue weighted by molar-refractivity contribution is -0.164. The highest BCUT2D eigenvalue weighted by Gasteiger charge is 2.38. The minimum atomic E-state index is -0.812. The van der Waals surface area contributed by atoms with E-state index in [9.17, 15) is 14.4 Å². The standard InChI is InChI=1S/C18H32N2O6/c1-8-24-15-11(9-13(21)25-15)19-14(22)12(10-17(2,3)4)20-16(23)26-18(5,6)7/h11-12,15H,8-10H2,1-7H3,(H,19,22)(H,20,23)/t11-,12+,15+/m0/s1. The second-order valence-corrected chi connectivity index (χ2v) is 8.60. The molecule has 0 saturated carbocycles. The van der Waals surface area contributed by atoms with E-state index in [1.807, 2.05) is 20.8 Å². The Bertz CT molecular complexity index is 521. The number of nitrogens with one attached hydrogen (secondary N) is 2. The molecule has 0 aromatic carbocycles. The molecule has 1 saturated heterocycles. The quantitative estimate of drug-likeness (QED) is 0.692. The van der Waals surface area contributed by atoms with Gasteiger partial charge in [-0.1, -0.05) is 20.8 Å². The number of cyclic esters (lactones) is 1. The van der Waals surface area contributed by atoms with Gasteiger partial charge in [-0.25, -0.2) is 4.79 Å². The Morgan fingerprint density at radius 1 is 1.23 bits per heavy atom. The van der Waals surface area contributed by atoms with Gasteiger partial charge in [-0.15, -0.1) is 0 Å². The molecule has 2 N–H and O–H groups in total. The molecule has 1 aliphatic heterocycles. The summed E-state index contributed by atoms with van der Waals surface area (Å²) in [5.74, 6) is -0.833. The van der Waals surface area contributed by atoms with Crippen LogP contribution in [0.3, 0.4) is 0 Å². The van der Waals surface area contributed by atoms with Crippen LogP contribution in [-0.4, -0.2) is 48.6 Å². The summed E-state index contributed by atoms with van der Waals surface area (Å²) in [6.07, 6.45) is -1.04. The lowest BCUT2D eigenvalue weighted by atomic mass is 9.87. The molecule has 8 heteroatoms. The van der Waals surface area contributed by atoms with E-state index in [0.717, 1.165) is 0 Å². The molecule has 0 aliphatic carbocycles. The molecule has 2 amide bonds. The van der Waals surface area contributed by atoms with E-state index >= 15 is 0 Å². The molecule has 1 rings (SSSR count). The predicted molar refractivity (Wildman–Crippen MR) is 95.3 cm³/mol. The molecule has 0 radical (unpaired) electrons. The van der Waals surface area contributed by atoms with Crippen molar-refractivity contribution in [1.29, 1.82) is 0 Å². The summed E-state index contributed by atoms with van der Waals surface area (Å²) in [6, 6.07) is -1.39. The number of hydrogen-bond acceptors (Lipinski definition) is 6. The van der Waals surface area contributed by atoms with Crippen molar-refractivity contribution in [3.05, 3.63) is 0 Å². The van der Waals surface area contributed by atoms with E-state index < -0.39 is 41.9 Å². The number of alkyl carbamates (subject to hydrolysis) is 1. The first kappa shape index (κ1) is 22.2. The van der Waals surface area contributed by atoms with Crippen molar-refractivity contribution in [2.45, 2.75) is 85.3 Å². The zero-order valence-electron chi connectivity index (χ0n) is 16.8. The number of carbonyl (C=O) groups excluding carboxylic acids is 3. The Kier molecular flexibility index (Phi) is 7.44. The first-order valence-corrected chi connectivity index (χ1v) is 8.91. The Labute approximate surface area is 155 Å². The average Bonchev–Trinajstić information content (AvgIpc) is 2.74. The van der Waals surface area contributed by atoms with Gasteiger partial charge in [0.05, 0.1) is 6.42 Å². The van der Waals surface area contributed by atoms with E-state index in [4.69, 9.17) is 14.2 Å². The van der Waals surface area contributed by atoms with Crippen LogP contribution in [-0.2, 0) is 23.8 Å². The van der Waals surface area contributed by atoms with Crippen LogP contribution in [0.1, 0.15) is 61.3 Å². The fraction of sp³-hybridized carbons (Fsp3) is 0.833. The number of rotatable bonds is 6. The van der Waals surface area contributed by atoms with Crippen molar-refractivity contribution in [2.24, 2.45) is 5.41 Å². The minimum Gasteiger partial charge on any atom is -0.444 e. The molecule has 0 aromatic heterocycles. The lowest BCUT2D eigenvalue weighted by Gasteiger charge is -2.29. The van der Waals surface area contributed by atoms with Crippen LogP contribution in [0.4, 0.5) is 4.79 Å². The highest BCUT2D eigenvalue weighted by molar-refractivity contribution is 5.86. The summed E-state index contributed by atoms with van der Waals surface area (Å²) in [4.78, 5) is 36.3. The third-order valence-corrected chi connectivity index (χ3v) is 3.45. The normalized spacial score (nSPS) is 21.7. The van der Waals surface area contributed by atoms with Crippen molar-refractivity contribution < 1.29 is 28.6 Å². The topological polar surface area (TPSA) is 103 Å².